The normalized spacial score (nSPS) is 11.9. The molecule has 0 amide bonds. The average Bonchev–Trinajstić information content (AvgIpc) is 2.42. The van der Waals surface area contributed by atoms with Gasteiger partial charge < -0.3 is 20.7 Å². The zero-order valence-electron chi connectivity index (χ0n) is 11.7. The number of amidine groups is 1. The van der Waals surface area contributed by atoms with Crippen LogP contribution in [0.15, 0.2) is 17.4 Å². The fraction of sp³-hybridized carbons (Fsp3) is 0.583. The van der Waals surface area contributed by atoms with Crippen molar-refractivity contribution < 1.29 is 5.21 Å². The third-order valence-electron chi connectivity index (χ3n) is 2.80. The van der Waals surface area contributed by atoms with Crippen LogP contribution in [-0.2, 0) is 0 Å². The molecule has 1 rings (SSSR count). The maximum Gasteiger partial charge on any atom is 0.173 e. The van der Waals surface area contributed by atoms with E-state index in [4.69, 9.17) is 10.9 Å². The summed E-state index contributed by atoms with van der Waals surface area (Å²) in [5.41, 5.74) is 6.26. The molecule has 106 valence electrons. The van der Waals surface area contributed by atoms with E-state index in [1.165, 1.54) is 6.20 Å². The molecule has 3 N–H and O–H groups in total. The number of rotatable bonds is 7. The summed E-state index contributed by atoms with van der Waals surface area (Å²) in [6.45, 7) is 4.67. The first-order valence-electron chi connectivity index (χ1n) is 6.29. The van der Waals surface area contributed by atoms with Gasteiger partial charge in [0, 0.05) is 13.1 Å². The van der Waals surface area contributed by atoms with Crippen molar-refractivity contribution in [2.75, 3.05) is 38.6 Å². The molecule has 0 unspecified atom stereocenters. The van der Waals surface area contributed by atoms with E-state index in [0.717, 1.165) is 26.1 Å². The maximum atomic E-state index is 8.81. The lowest BCUT2D eigenvalue weighted by atomic mass is 10.2. The largest absolute Gasteiger partial charge is 0.409 e. The Kier molecular flexibility index (Phi) is 6.01. The summed E-state index contributed by atoms with van der Waals surface area (Å²) in [6.07, 6.45) is 2.54. The van der Waals surface area contributed by atoms with E-state index in [-0.39, 0.29) is 5.84 Å². The molecule has 0 aliphatic rings. The van der Waals surface area contributed by atoms with Crippen LogP contribution in [0.2, 0.25) is 0 Å². The zero-order valence-corrected chi connectivity index (χ0v) is 11.7. The van der Waals surface area contributed by atoms with E-state index < -0.39 is 0 Å². The highest BCUT2D eigenvalue weighted by molar-refractivity contribution is 6.01. The molecule has 19 heavy (non-hydrogen) atoms. The van der Waals surface area contributed by atoms with Gasteiger partial charge in [-0.2, -0.15) is 5.10 Å². The van der Waals surface area contributed by atoms with Crippen molar-refractivity contribution in [3.63, 3.8) is 0 Å². The molecule has 1 aromatic heterocycles. The molecule has 0 atom stereocenters. The number of anilines is 1. The highest BCUT2D eigenvalue weighted by Gasteiger charge is 2.14. The minimum absolute atomic E-state index is 0.0518. The van der Waals surface area contributed by atoms with E-state index in [2.05, 4.69) is 25.2 Å². The Morgan fingerprint density at radius 1 is 1.42 bits per heavy atom. The Morgan fingerprint density at radius 3 is 2.74 bits per heavy atom. The molecule has 0 aromatic carbocycles. The first-order chi connectivity index (χ1) is 9.10. The Balaban J connectivity index is 2.86. The smallest absolute Gasteiger partial charge is 0.173 e. The highest BCUT2D eigenvalue weighted by Crippen LogP contribution is 2.16. The lowest BCUT2D eigenvalue weighted by Crippen LogP contribution is -2.30. The third kappa shape index (κ3) is 4.36. The van der Waals surface area contributed by atoms with Gasteiger partial charge in [-0.15, -0.1) is 5.10 Å². The molecule has 0 aliphatic carbocycles. The van der Waals surface area contributed by atoms with Crippen LogP contribution in [0.25, 0.3) is 0 Å². The molecular weight excluding hydrogens is 244 g/mol. The summed E-state index contributed by atoms with van der Waals surface area (Å²) in [7, 11) is 4.08. The number of hydrogen-bond acceptors (Lipinski definition) is 6. The molecule has 0 aliphatic heterocycles. The van der Waals surface area contributed by atoms with E-state index in [1.54, 1.807) is 6.07 Å². The minimum Gasteiger partial charge on any atom is -0.409 e. The van der Waals surface area contributed by atoms with Gasteiger partial charge in [0.15, 0.2) is 11.7 Å². The molecule has 1 heterocycles. The molecule has 0 fully saturated rings. The van der Waals surface area contributed by atoms with Gasteiger partial charge in [0.1, 0.15) is 0 Å². The van der Waals surface area contributed by atoms with E-state index in [9.17, 15) is 0 Å². The van der Waals surface area contributed by atoms with E-state index in [1.807, 2.05) is 21.0 Å². The SMILES string of the molecule is CCN(CCCN(C)C)c1nnccc1/C(N)=N/O. The van der Waals surface area contributed by atoms with Crippen LogP contribution in [-0.4, -0.2) is 59.9 Å². The number of aromatic nitrogens is 2. The summed E-state index contributed by atoms with van der Waals surface area (Å²) in [6, 6.07) is 1.70. The van der Waals surface area contributed by atoms with Crippen molar-refractivity contribution in [1.29, 1.82) is 0 Å². The second kappa shape index (κ2) is 7.52. The van der Waals surface area contributed by atoms with Crippen LogP contribution in [0.5, 0.6) is 0 Å². The van der Waals surface area contributed by atoms with Gasteiger partial charge in [-0.25, -0.2) is 0 Å². The van der Waals surface area contributed by atoms with Crippen LogP contribution in [0.4, 0.5) is 5.82 Å². The van der Waals surface area contributed by atoms with Crippen molar-refractivity contribution in [3.05, 3.63) is 17.8 Å². The van der Waals surface area contributed by atoms with E-state index in [0.29, 0.717) is 11.4 Å². The fourth-order valence-electron chi connectivity index (χ4n) is 1.80. The standard InChI is InChI=1S/C12H22N6O/c1-4-18(9-5-8-17(2)3)12-10(11(13)16-19)6-7-14-15-12/h6-7,19H,4-5,8-9H2,1-3H3,(H2,13,16). The molecule has 0 spiro atoms. The molecule has 0 saturated heterocycles. The van der Waals surface area contributed by atoms with Gasteiger partial charge in [0.2, 0.25) is 0 Å². The van der Waals surface area contributed by atoms with Crippen molar-refractivity contribution in [3.8, 4) is 0 Å². The average molecular weight is 266 g/mol. The van der Waals surface area contributed by atoms with Gasteiger partial charge in [-0.1, -0.05) is 5.16 Å². The Morgan fingerprint density at radius 2 is 2.16 bits per heavy atom. The number of nitrogens with zero attached hydrogens (tertiary/aromatic N) is 5. The first kappa shape index (κ1) is 15.2. The van der Waals surface area contributed by atoms with Gasteiger partial charge in [0.05, 0.1) is 11.8 Å². The van der Waals surface area contributed by atoms with E-state index >= 15 is 0 Å². The quantitative estimate of drug-likeness (QED) is 0.320. The number of oxime groups is 1. The number of nitrogens with two attached hydrogens (primary N) is 1. The third-order valence-corrected chi connectivity index (χ3v) is 2.80. The van der Waals surface area contributed by atoms with Gasteiger partial charge in [-0.05, 0) is 40.1 Å². The Labute approximate surface area is 113 Å². The van der Waals surface area contributed by atoms with Crippen molar-refractivity contribution in [2.24, 2.45) is 10.9 Å². The second-order valence-corrected chi connectivity index (χ2v) is 4.49. The van der Waals surface area contributed by atoms with Crippen LogP contribution in [0.3, 0.4) is 0 Å². The monoisotopic (exact) mass is 266 g/mol. The molecular formula is C12H22N6O. The molecule has 7 nitrogen and oxygen atoms in total. The number of hydrogen-bond donors (Lipinski definition) is 2. The lowest BCUT2D eigenvalue weighted by Gasteiger charge is -2.24. The highest BCUT2D eigenvalue weighted by atomic mass is 16.4. The maximum absolute atomic E-state index is 8.81. The summed E-state index contributed by atoms with van der Waals surface area (Å²) in [4.78, 5) is 4.21. The summed E-state index contributed by atoms with van der Waals surface area (Å²) < 4.78 is 0. The van der Waals surface area contributed by atoms with Crippen molar-refractivity contribution >= 4 is 11.7 Å². The second-order valence-electron chi connectivity index (χ2n) is 4.49. The van der Waals surface area contributed by atoms with Crippen LogP contribution in [0.1, 0.15) is 18.9 Å². The zero-order chi connectivity index (χ0) is 14.3. The lowest BCUT2D eigenvalue weighted by molar-refractivity contribution is 0.318. The topological polar surface area (TPSA) is 90.9 Å². The molecule has 1 aromatic rings. The molecule has 0 bridgehead atoms. The molecule has 0 radical (unpaired) electrons. The molecule has 0 saturated carbocycles. The summed E-state index contributed by atoms with van der Waals surface area (Å²) >= 11 is 0. The van der Waals surface area contributed by atoms with Gasteiger partial charge in [-0.3, -0.25) is 0 Å². The Hall–Kier alpha value is -1.89. The predicted molar refractivity (Wildman–Crippen MR) is 75.6 cm³/mol. The van der Waals surface area contributed by atoms with Crippen molar-refractivity contribution in [2.45, 2.75) is 13.3 Å². The fourth-order valence-corrected chi connectivity index (χ4v) is 1.80. The summed E-state index contributed by atoms with van der Waals surface area (Å²) in [5, 5.41) is 19.8. The predicted octanol–water partition coefficient (Wildman–Crippen LogP) is 0.349. The van der Waals surface area contributed by atoms with Crippen LogP contribution < -0.4 is 10.6 Å². The van der Waals surface area contributed by atoms with Gasteiger partial charge >= 0.3 is 0 Å². The minimum atomic E-state index is 0.0518. The van der Waals surface area contributed by atoms with Gasteiger partial charge in [0.25, 0.3) is 0 Å². The van der Waals surface area contributed by atoms with Crippen LogP contribution in [0, 0.1) is 0 Å². The first-order valence-corrected chi connectivity index (χ1v) is 6.29. The molecule has 7 heteroatoms. The van der Waals surface area contributed by atoms with Crippen molar-refractivity contribution in [1.82, 2.24) is 15.1 Å². The van der Waals surface area contributed by atoms with Crippen LogP contribution >= 0.6 is 0 Å². The Bertz CT molecular complexity index is 420. The summed E-state index contributed by atoms with van der Waals surface area (Å²) in [5.74, 6) is 0.704.